The summed E-state index contributed by atoms with van der Waals surface area (Å²) < 4.78 is 0. The molecule has 1 aromatic carbocycles. The van der Waals surface area contributed by atoms with Crippen molar-refractivity contribution >= 4 is 17.7 Å². The van der Waals surface area contributed by atoms with Crippen molar-refractivity contribution in [2.45, 2.75) is 25.8 Å². The summed E-state index contributed by atoms with van der Waals surface area (Å²) in [5, 5.41) is 18.4. The van der Waals surface area contributed by atoms with Crippen molar-refractivity contribution in [1.82, 2.24) is 4.90 Å². The summed E-state index contributed by atoms with van der Waals surface area (Å²) in [6.45, 7) is 2.20. The van der Waals surface area contributed by atoms with Gasteiger partial charge in [-0.2, -0.15) is 0 Å². The number of hydrogen-bond acceptors (Lipinski definition) is 3. The Hall–Kier alpha value is -2.08. The summed E-state index contributed by atoms with van der Waals surface area (Å²) in [6, 6.07) is 4.49. The van der Waals surface area contributed by atoms with Crippen molar-refractivity contribution in [3.8, 4) is 0 Å². The third kappa shape index (κ3) is 2.85. The smallest absolute Gasteiger partial charge is 0.336 e. The van der Waals surface area contributed by atoms with Crippen molar-refractivity contribution < 1.29 is 19.8 Å². The van der Waals surface area contributed by atoms with E-state index in [1.807, 2.05) is 0 Å². The number of fused-ring (bicyclic) bond motifs is 1. The molecule has 1 aromatic rings. The highest BCUT2D eigenvalue weighted by atomic mass is 16.4. The highest BCUT2D eigenvalue weighted by Crippen LogP contribution is 2.30. The van der Waals surface area contributed by atoms with E-state index in [9.17, 15) is 19.8 Å². The van der Waals surface area contributed by atoms with Crippen LogP contribution < -0.4 is 4.90 Å². The van der Waals surface area contributed by atoms with Crippen molar-refractivity contribution in [2.75, 3.05) is 25.1 Å². The number of nitrogens with zero attached hydrogens (tertiary/aromatic N) is 2. The zero-order valence-corrected chi connectivity index (χ0v) is 12.2. The summed E-state index contributed by atoms with van der Waals surface area (Å²) >= 11 is 0. The van der Waals surface area contributed by atoms with Crippen LogP contribution in [0, 0.1) is 0 Å². The van der Waals surface area contributed by atoms with Crippen LogP contribution in [0.5, 0.6) is 0 Å². The predicted molar refractivity (Wildman–Crippen MR) is 78.8 cm³/mol. The number of rotatable bonds is 3. The fourth-order valence-corrected chi connectivity index (χ4v) is 2.53. The van der Waals surface area contributed by atoms with Crippen LogP contribution in [0.15, 0.2) is 18.2 Å². The molecule has 21 heavy (non-hydrogen) atoms. The maximum absolute atomic E-state index is 12.5. The second-order valence-electron chi connectivity index (χ2n) is 5.29. The Kier molecular flexibility index (Phi) is 4.47. The number of carboxylic acids is 1. The molecule has 0 fully saturated rings. The Morgan fingerprint density at radius 2 is 2.14 bits per heavy atom. The normalized spacial score (nSPS) is 15.3. The second-order valence-corrected chi connectivity index (χ2v) is 5.29. The molecule has 2 amide bonds. The van der Waals surface area contributed by atoms with Gasteiger partial charge in [0.2, 0.25) is 0 Å². The van der Waals surface area contributed by atoms with Gasteiger partial charge < -0.3 is 15.1 Å². The Morgan fingerprint density at radius 3 is 2.76 bits per heavy atom. The molecule has 1 heterocycles. The summed E-state index contributed by atoms with van der Waals surface area (Å²) in [7, 11) is 1.64. The molecule has 2 N–H and O–H groups in total. The molecule has 6 nitrogen and oxygen atoms in total. The minimum absolute atomic E-state index is 0.113. The fraction of sp³-hybridized carbons (Fsp3) is 0.467. The monoisotopic (exact) mass is 292 g/mol. The number of carboxylic acid groups (broad SMARTS) is 1. The molecule has 2 rings (SSSR count). The van der Waals surface area contributed by atoms with E-state index in [1.54, 1.807) is 37.1 Å². The number of benzene rings is 1. The maximum atomic E-state index is 12.5. The largest absolute Gasteiger partial charge is 0.478 e. The van der Waals surface area contributed by atoms with Gasteiger partial charge in [0, 0.05) is 19.3 Å². The van der Waals surface area contributed by atoms with Gasteiger partial charge in [0.05, 0.1) is 18.2 Å². The number of anilines is 1. The number of aliphatic hydroxyl groups is 1. The molecular weight excluding hydrogens is 272 g/mol. The first-order chi connectivity index (χ1) is 9.97. The summed E-state index contributed by atoms with van der Waals surface area (Å²) in [6.07, 6.45) is 1.38. The fourth-order valence-electron chi connectivity index (χ4n) is 2.53. The van der Waals surface area contributed by atoms with Gasteiger partial charge >= 0.3 is 12.0 Å². The molecule has 1 atom stereocenters. The molecule has 0 saturated heterocycles. The Labute approximate surface area is 123 Å². The van der Waals surface area contributed by atoms with Gasteiger partial charge in [0.15, 0.2) is 0 Å². The number of aliphatic hydroxyl groups excluding tert-OH is 1. The molecule has 0 saturated carbocycles. The van der Waals surface area contributed by atoms with Crippen LogP contribution in [-0.4, -0.2) is 53.4 Å². The van der Waals surface area contributed by atoms with Crippen LogP contribution in [-0.2, 0) is 6.42 Å². The first kappa shape index (κ1) is 15.3. The highest BCUT2D eigenvalue weighted by molar-refractivity contribution is 5.97. The number of hydrogen-bond donors (Lipinski definition) is 2. The SMILES string of the molecule is CC(CO)N(C)C(=O)N1CCCc2c(C(=O)O)cccc21. The van der Waals surface area contributed by atoms with E-state index >= 15 is 0 Å². The van der Waals surface area contributed by atoms with Gasteiger partial charge in [-0.1, -0.05) is 6.07 Å². The first-order valence-electron chi connectivity index (χ1n) is 6.97. The lowest BCUT2D eigenvalue weighted by atomic mass is 9.96. The number of likely N-dealkylation sites (N-methyl/N-ethyl adjacent to an activating group) is 1. The lowest BCUT2D eigenvalue weighted by molar-refractivity contribution is 0.0695. The maximum Gasteiger partial charge on any atom is 0.336 e. The van der Waals surface area contributed by atoms with E-state index in [1.165, 1.54) is 4.90 Å². The Morgan fingerprint density at radius 1 is 1.43 bits per heavy atom. The highest BCUT2D eigenvalue weighted by Gasteiger charge is 2.29. The van der Waals surface area contributed by atoms with Crippen molar-refractivity contribution in [1.29, 1.82) is 0 Å². The van der Waals surface area contributed by atoms with Gasteiger partial charge in [-0.05, 0) is 37.5 Å². The summed E-state index contributed by atoms with van der Waals surface area (Å²) in [5.74, 6) is -0.974. The minimum Gasteiger partial charge on any atom is -0.478 e. The molecule has 0 spiro atoms. The van der Waals surface area contributed by atoms with Gasteiger partial charge in [-0.3, -0.25) is 4.90 Å². The zero-order valence-electron chi connectivity index (χ0n) is 12.2. The molecule has 0 aromatic heterocycles. The number of amides is 2. The molecule has 114 valence electrons. The third-order valence-corrected chi connectivity index (χ3v) is 3.94. The molecule has 1 aliphatic rings. The van der Waals surface area contributed by atoms with E-state index in [0.29, 0.717) is 24.2 Å². The molecular formula is C15H20N2O4. The number of carbonyl (C=O) groups is 2. The summed E-state index contributed by atoms with van der Waals surface area (Å²) in [4.78, 5) is 26.9. The van der Waals surface area contributed by atoms with Crippen LogP contribution in [0.3, 0.4) is 0 Å². The van der Waals surface area contributed by atoms with Crippen molar-refractivity contribution in [3.05, 3.63) is 29.3 Å². The van der Waals surface area contributed by atoms with Crippen molar-refractivity contribution in [3.63, 3.8) is 0 Å². The zero-order chi connectivity index (χ0) is 15.6. The number of urea groups is 1. The van der Waals surface area contributed by atoms with Crippen LogP contribution in [0.1, 0.15) is 29.3 Å². The van der Waals surface area contributed by atoms with E-state index < -0.39 is 5.97 Å². The van der Waals surface area contributed by atoms with Crippen LogP contribution in [0.4, 0.5) is 10.5 Å². The number of carbonyl (C=O) groups excluding carboxylic acids is 1. The van der Waals surface area contributed by atoms with Crippen molar-refractivity contribution in [2.24, 2.45) is 0 Å². The Bertz CT molecular complexity index is 559. The van der Waals surface area contributed by atoms with Crippen LogP contribution >= 0.6 is 0 Å². The standard InChI is InChI=1S/C15H20N2O4/c1-10(9-18)16(2)15(21)17-8-4-6-11-12(14(19)20)5-3-7-13(11)17/h3,5,7,10,18H,4,6,8-9H2,1-2H3,(H,19,20). The average molecular weight is 292 g/mol. The van der Waals surface area contributed by atoms with Gasteiger partial charge in [0.1, 0.15) is 0 Å². The van der Waals surface area contributed by atoms with Gasteiger partial charge in [0.25, 0.3) is 0 Å². The van der Waals surface area contributed by atoms with Crippen LogP contribution in [0.25, 0.3) is 0 Å². The van der Waals surface area contributed by atoms with E-state index in [4.69, 9.17) is 0 Å². The number of aromatic carboxylic acids is 1. The van der Waals surface area contributed by atoms with Gasteiger partial charge in [-0.15, -0.1) is 0 Å². The second kappa shape index (κ2) is 6.13. The lowest BCUT2D eigenvalue weighted by Gasteiger charge is -2.35. The quantitative estimate of drug-likeness (QED) is 0.886. The molecule has 1 aliphatic heterocycles. The molecule has 6 heteroatoms. The molecule has 1 unspecified atom stereocenters. The molecule has 0 aliphatic carbocycles. The minimum atomic E-state index is -0.974. The van der Waals surface area contributed by atoms with E-state index in [0.717, 1.165) is 6.42 Å². The topological polar surface area (TPSA) is 81.1 Å². The Balaban J connectivity index is 2.37. The lowest BCUT2D eigenvalue weighted by Crippen LogP contribution is -2.48. The average Bonchev–Trinajstić information content (AvgIpc) is 2.51. The predicted octanol–water partition coefficient (Wildman–Crippen LogP) is 1.57. The molecule has 0 radical (unpaired) electrons. The van der Waals surface area contributed by atoms with Crippen LogP contribution in [0.2, 0.25) is 0 Å². The summed E-state index contributed by atoms with van der Waals surface area (Å²) in [5.41, 5.74) is 1.61. The first-order valence-corrected chi connectivity index (χ1v) is 6.97. The molecule has 0 bridgehead atoms. The van der Waals surface area contributed by atoms with Gasteiger partial charge in [-0.25, -0.2) is 9.59 Å². The third-order valence-electron chi connectivity index (χ3n) is 3.94. The van der Waals surface area contributed by atoms with E-state index in [2.05, 4.69) is 0 Å². The van der Waals surface area contributed by atoms with E-state index in [-0.39, 0.29) is 24.2 Å².